The molecule has 0 saturated heterocycles. The van der Waals surface area contributed by atoms with Crippen molar-refractivity contribution in [2.45, 2.75) is 44.8 Å². The Morgan fingerprint density at radius 1 is 1.33 bits per heavy atom. The Morgan fingerprint density at radius 3 is 2.81 bits per heavy atom. The van der Waals surface area contributed by atoms with Gasteiger partial charge in [0.05, 0.1) is 12.2 Å². The number of aromatic amines is 1. The summed E-state index contributed by atoms with van der Waals surface area (Å²) in [5.41, 5.74) is 3.31. The van der Waals surface area contributed by atoms with Gasteiger partial charge in [0.2, 0.25) is 0 Å². The molecule has 2 aromatic heterocycles. The molecule has 2 heterocycles. The van der Waals surface area contributed by atoms with Gasteiger partial charge in [0.1, 0.15) is 11.4 Å². The van der Waals surface area contributed by atoms with Crippen molar-refractivity contribution in [3.05, 3.63) is 52.0 Å². The molecule has 3 aromatic rings. The Balaban J connectivity index is 1.45. The lowest BCUT2D eigenvalue weighted by atomic mass is 10.1. The van der Waals surface area contributed by atoms with Crippen molar-refractivity contribution in [3.8, 4) is 0 Å². The van der Waals surface area contributed by atoms with Crippen LogP contribution in [0.3, 0.4) is 0 Å². The summed E-state index contributed by atoms with van der Waals surface area (Å²) in [7, 11) is 1.58. The van der Waals surface area contributed by atoms with E-state index in [-0.39, 0.29) is 5.91 Å². The van der Waals surface area contributed by atoms with Crippen molar-refractivity contribution in [3.63, 3.8) is 0 Å². The van der Waals surface area contributed by atoms with Gasteiger partial charge >= 0.3 is 0 Å². The molecule has 142 valence electrons. The maximum Gasteiger partial charge on any atom is 0.252 e. The fraction of sp³-hybridized carbons (Fsp3) is 0.400. The van der Waals surface area contributed by atoms with Crippen LogP contribution in [0.4, 0.5) is 0 Å². The first-order valence-electron chi connectivity index (χ1n) is 9.05. The third-order valence-corrected chi connectivity index (χ3v) is 5.47. The zero-order valence-corrected chi connectivity index (χ0v) is 16.2. The Labute approximate surface area is 162 Å². The minimum absolute atomic E-state index is 0.0507. The second-order valence-corrected chi connectivity index (χ2v) is 7.54. The van der Waals surface area contributed by atoms with Gasteiger partial charge in [-0.05, 0) is 56.4 Å². The quantitative estimate of drug-likeness (QED) is 0.647. The highest BCUT2D eigenvalue weighted by atomic mass is 35.5. The molecule has 1 fully saturated rings. The van der Waals surface area contributed by atoms with Crippen LogP contribution in [0.15, 0.2) is 28.8 Å². The van der Waals surface area contributed by atoms with Crippen LogP contribution in [-0.2, 0) is 28.9 Å². The lowest BCUT2D eigenvalue weighted by molar-refractivity contribution is -0.133. The Kier molecular flexibility index (Phi) is 4.70. The number of nitrogens with one attached hydrogen (secondary N) is 2. The summed E-state index contributed by atoms with van der Waals surface area (Å²) in [6.07, 6.45) is 3.12. The van der Waals surface area contributed by atoms with Gasteiger partial charge < -0.3 is 19.6 Å². The van der Waals surface area contributed by atoms with Crippen LogP contribution < -0.4 is 5.32 Å². The lowest BCUT2D eigenvalue weighted by Gasteiger charge is -2.12. The van der Waals surface area contributed by atoms with E-state index in [0.717, 1.165) is 64.3 Å². The van der Waals surface area contributed by atoms with Gasteiger partial charge in [0.15, 0.2) is 0 Å². The number of methoxy groups -OCH3 is 1. The summed E-state index contributed by atoms with van der Waals surface area (Å²) >= 11 is 6.45. The van der Waals surface area contributed by atoms with E-state index in [2.05, 4.69) is 21.5 Å². The van der Waals surface area contributed by atoms with Crippen molar-refractivity contribution in [2.75, 3.05) is 7.11 Å². The first-order valence-corrected chi connectivity index (χ1v) is 9.42. The number of amides is 1. The zero-order chi connectivity index (χ0) is 19.0. The predicted octanol–water partition coefficient (Wildman–Crippen LogP) is 3.70. The largest absolute Gasteiger partial charge is 0.368 e. The van der Waals surface area contributed by atoms with Crippen LogP contribution in [0.2, 0.25) is 5.02 Å². The summed E-state index contributed by atoms with van der Waals surface area (Å²) in [5, 5.41) is 8.72. The van der Waals surface area contributed by atoms with E-state index in [9.17, 15) is 4.79 Å². The topological polar surface area (TPSA) is 80.2 Å². The zero-order valence-electron chi connectivity index (χ0n) is 15.4. The molecule has 27 heavy (non-hydrogen) atoms. The van der Waals surface area contributed by atoms with Crippen LogP contribution in [0.25, 0.3) is 10.9 Å². The van der Waals surface area contributed by atoms with Crippen LogP contribution in [-0.4, -0.2) is 28.8 Å². The number of ether oxygens (including phenoxy) is 1. The van der Waals surface area contributed by atoms with Gasteiger partial charge in [-0.15, -0.1) is 0 Å². The molecule has 6 nitrogen and oxygen atoms in total. The van der Waals surface area contributed by atoms with E-state index in [1.165, 1.54) is 0 Å². The first-order chi connectivity index (χ1) is 13.0. The Morgan fingerprint density at radius 2 is 2.15 bits per heavy atom. The van der Waals surface area contributed by atoms with Crippen molar-refractivity contribution in [2.24, 2.45) is 0 Å². The number of aryl methyl sites for hydroxylation is 3. The molecule has 1 saturated carbocycles. The van der Waals surface area contributed by atoms with Gasteiger partial charge in [-0.3, -0.25) is 4.79 Å². The third-order valence-electron chi connectivity index (χ3n) is 5.12. The SMILES string of the molecule is COC1(C(=O)NCc2cc3cc(Cl)c(CCc4cc(C)on4)cc3[nH]2)CC1. The van der Waals surface area contributed by atoms with Gasteiger partial charge in [-0.1, -0.05) is 16.8 Å². The standard InChI is InChI=1S/C20H22ClN3O3/c1-12-7-15(24-27-12)4-3-13-10-18-14(9-17(13)21)8-16(23-18)11-22-19(25)20(26-2)5-6-20/h7-10,23H,3-6,11H2,1-2H3,(H,22,25). The molecule has 7 heteroatoms. The van der Waals surface area contributed by atoms with Crippen molar-refractivity contribution < 1.29 is 14.1 Å². The smallest absolute Gasteiger partial charge is 0.252 e. The van der Waals surface area contributed by atoms with E-state index in [4.69, 9.17) is 20.9 Å². The van der Waals surface area contributed by atoms with E-state index < -0.39 is 5.60 Å². The maximum atomic E-state index is 12.2. The molecule has 0 atom stereocenters. The second kappa shape index (κ2) is 7.02. The molecule has 4 rings (SSSR count). The minimum Gasteiger partial charge on any atom is -0.368 e. The van der Waals surface area contributed by atoms with Crippen LogP contribution in [0.5, 0.6) is 0 Å². The number of rotatable bonds is 7. The number of fused-ring (bicyclic) bond motifs is 1. The van der Waals surface area contributed by atoms with E-state index in [1.807, 2.05) is 25.1 Å². The number of nitrogens with zero attached hydrogens (tertiary/aromatic N) is 1. The third kappa shape index (κ3) is 3.73. The summed E-state index contributed by atoms with van der Waals surface area (Å²) in [6, 6.07) is 7.97. The van der Waals surface area contributed by atoms with Gasteiger partial charge in [-0.2, -0.15) is 0 Å². The predicted molar refractivity (Wildman–Crippen MR) is 103 cm³/mol. The van der Waals surface area contributed by atoms with E-state index in [0.29, 0.717) is 6.54 Å². The summed E-state index contributed by atoms with van der Waals surface area (Å²) < 4.78 is 10.4. The molecule has 0 unspecified atom stereocenters. The fourth-order valence-electron chi connectivity index (χ4n) is 3.32. The Hall–Kier alpha value is -2.31. The number of carbonyl (C=O) groups excluding carboxylic acids is 1. The molecule has 1 aromatic carbocycles. The first kappa shape index (κ1) is 18.1. The van der Waals surface area contributed by atoms with Crippen LogP contribution >= 0.6 is 11.6 Å². The van der Waals surface area contributed by atoms with Crippen molar-refractivity contribution >= 4 is 28.4 Å². The average molecular weight is 388 g/mol. The highest BCUT2D eigenvalue weighted by molar-refractivity contribution is 6.32. The molecule has 1 aliphatic carbocycles. The van der Waals surface area contributed by atoms with Gasteiger partial charge in [0.25, 0.3) is 5.91 Å². The number of aromatic nitrogens is 2. The van der Waals surface area contributed by atoms with Crippen LogP contribution in [0.1, 0.15) is 35.6 Å². The molecule has 1 aliphatic rings. The fourth-order valence-corrected chi connectivity index (χ4v) is 3.58. The molecular formula is C20H22ClN3O3. The number of H-pyrrole nitrogens is 1. The number of benzene rings is 1. The average Bonchev–Trinajstić information content (AvgIpc) is 3.20. The number of halogens is 1. The van der Waals surface area contributed by atoms with Crippen molar-refractivity contribution in [1.29, 1.82) is 0 Å². The van der Waals surface area contributed by atoms with E-state index >= 15 is 0 Å². The summed E-state index contributed by atoms with van der Waals surface area (Å²) in [6.45, 7) is 2.32. The number of hydrogen-bond acceptors (Lipinski definition) is 4. The molecule has 2 N–H and O–H groups in total. The normalized spacial score (nSPS) is 15.2. The summed E-state index contributed by atoms with van der Waals surface area (Å²) in [5.74, 6) is 0.759. The van der Waals surface area contributed by atoms with Gasteiger partial charge in [0, 0.05) is 34.8 Å². The maximum absolute atomic E-state index is 12.2. The molecule has 0 bridgehead atoms. The minimum atomic E-state index is -0.609. The molecule has 0 radical (unpaired) electrons. The van der Waals surface area contributed by atoms with Crippen molar-refractivity contribution in [1.82, 2.24) is 15.5 Å². The lowest BCUT2D eigenvalue weighted by Crippen LogP contribution is -2.37. The molecule has 1 amide bonds. The highest BCUT2D eigenvalue weighted by Crippen LogP contribution is 2.39. The Bertz CT molecular complexity index is 988. The second-order valence-electron chi connectivity index (χ2n) is 7.14. The highest BCUT2D eigenvalue weighted by Gasteiger charge is 2.50. The van der Waals surface area contributed by atoms with Gasteiger partial charge in [-0.25, -0.2) is 0 Å². The molecule has 0 spiro atoms. The molecule has 0 aliphatic heterocycles. The summed E-state index contributed by atoms with van der Waals surface area (Å²) in [4.78, 5) is 15.6. The van der Waals surface area contributed by atoms with E-state index in [1.54, 1.807) is 7.11 Å². The number of carbonyl (C=O) groups is 1. The number of hydrogen-bond donors (Lipinski definition) is 2. The molecular weight excluding hydrogens is 366 g/mol. The monoisotopic (exact) mass is 387 g/mol. The van der Waals surface area contributed by atoms with Crippen LogP contribution in [0, 0.1) is 6.92 Å².